The Labute approximate surface area is 149 Å². The maximum Gasteiger partial charge on any atom is 0.317 e. The zero-order chi connectivity index (χ0) is 18.0. The number of carbonyl (C=O) groups is 2. The quantitative estimate of drug-likeness (QED) is 0.909. The molecule has 1 spiro atoms. The Bertz CT molecular complexity index is 651. The number of anilines is 1. The predicted octanol–water partition coefficient (Wildman–Crippen LogP) is 2.13. The molecule has 0 radical (unpaired) electrons. The second kappa shape index (κ2) is 7.04. The average molecular weight is 345 g/mol. The number of nitrogens with one attached hydrogen (secondary N) is 1. The number of hydrogen-bond acceptors (Lipinski definition) is 3. The van der Waals surface area contributed by atoms with E-state index in [2.05, 4.69) is 11.4 Å². The van der Waals surface area contributed by atoms with Gasteiger partial charge in [0.25, 0.3) is 0 Å². The Morgan fingerprint density at radius 1 is 1.28 bits per heavy atom. The van der Waals surface area contributed by atoms with Crippen molar-refractivity contribution in [2.24, 2.45) is 0 Å². The van der Waals surface area contributed by atoms with E-state index in [-0.39, 0.29) is 18.0 Å². The first-order chi connectivity index (χ1) is 12.0. The fraction of sp³-hybridized carbons (Fsp3) is 0.579. The van der Waals surface area contributed by atoms with Crippen molar-refractivity contribution in [3.05, 3.63) is 29.8 Å². The molecule has 6 heteroatoms. The van der Waals surface area contributed by atoms with Crippen LogP contribution in [0.4, 0.5) is 10.5 Å². The van der Waals surface area contributed by atoms with Crippen molar-refractivity contribution in [1.82, 2.24) is 10.2 Å². The summed E-state index contributed by atoms with van der Waals surface area (Å²) in [5.74, 6) is 0.148. The number of benzene rings is 1. The number of methoxy groups -OCH3 is 1. The van der Waals surface area contributed by atoms with Crippen molar-refractivity contribution in [2.45, 2.75) is 38.1 Å². The van der Waals surface area contributed by atoms with E-state index in [0.717, 1.165) is 11.3 Å². The molecule has 0 bridgehead atoms. The summed E-state index contributed by atoms with van der Waals surface area (Å²) in [6, 6.07) is 8.10. The van der Waals surface area contributed by atoms with Crippen LogP contribution >= 0.6 is 0 Å². The van der Waals surface area contributed by atoms with Gasteiger partial charge in [-0.25, -0.2) is 4.79 Å². The third kappa shape index (κ3) is 3.11. The molecule has 0 atom stereocenters. The zero-order valence-electron chi connectivity index (χ0n) is 15.2. The normalized spacial score (nSPS) is 18.8. The Hall–Kier alpha value is -2.08. The number of likely N-dealkylation sites (tertiary alicyclic amines) is 1. The smallest absolute Gasteiger partial charge is 0.317 e. The number of para-hydroxylation sites is 1. The molecule has 1 fully saturated rings. The third-order valence-electron chi connectivity index (χ3n) is 5.20. The molecule has 0 saturated carbocycles. The number of fused-ring (bicyclic) bond motifs is 2. The van der Waals surface area contributed by atoms with Crippen LogP contribution in [0.1, 0.15) is 32.3 Å². The van der Waals surface area contributed by atoms with Crippen LogP contribution < -0.4 is 10.2 Å². The predicted molar refractivity (Wildman–Crippen MR) is 96.8 cm³/mol. The molecule has 1 aromatic carbocycles. The van der Waals surface area contributed by atoms with Gasteiger partial charge in [0.15, 0.2) is 0 Å². The number of nitrogens with zero attached hydrogens (tertiary/aromatic N) is 2. The van der Waals surface area contributed by atoms with E-state index in [1.807, 2.05) is 41.8 Å². The number of urea groups is 1. The Morgan fingerprint density at radius 3 is 2.60 bits per heavy atom. The molecule has 3 amide bonds. The summed E-state index contributed by atoms with van der Waals surface area (Å²) in [6.45, 7) is 6.17. The highest BCUT2D eigenvalue weighted by molar-refractivity contribution is 6.08. The van der Waals surface area contributed by atoms with Gasteiger partial charge in [-0.05, 0) is 38.3 Å². The van der Waals surface area contributed by atoms with Gasteiger partial charge in [0.1, 0.15) is 0 Å². The van der Waals surface area contributed by atoms with Crippen molar-refractivity contribution < 1.29 is 14.3 Å². The molecule has 136 valence electrons. The van der Waals surface area contributed by atoms with Gasteiger partial charge >= 0.3 is 6.03 Å². The first kappa shape index (κ1) is 17.7. The number of carbonyl (C=O) groups excluding carboxylic acids is 2. The summed E-state index contributed by atoms with van der Waals surface area (Å²) >= 11 is 0. The van der Waals surface area contributed by atoms with Crippen LogP contribution in [0.5, 0.6) is 0 Å². The molecule has 1 aromatic rings. The van der Waals surface area contributed by atoms with Crippen molar-refractivity contribution in [2.75, 3.05) is 38.3 Å². The molecule has 0 unspecified atom stereocenters. The Morgan fingerprint density at radius 2 is 1.96 bits per heavy atom. The van der Waals surface area contributed by atoms with Gasteiger partial charge in [-0.3, -0.25) is 4.79 Å². The van der Waals surface area contributed by atoms with Gasteiger partial charge in [0.05, 0.1) is 12.0 Å². The molecule has 2 aliphatic heterocycles. The fourth-order valence-electron chi connectivity index (χ4n) is 3.91. The lowest BCUT2D eigenvalue weighted by Crippen LogP contribution is -2.53. The fourth-order valence-corrected chi connectivity index (χ4v) is 3.91. The van der Waals surface area contributed by atoms with Crippen LogP contribution in [-0.2, 0) is 14.9 Å². The topological polar surface area (TPSA) is 61.9 Å². The monoisotopic (exact) mass is 345 g/mol. The van der Waals surface area contributed by atoms with Crippen molar-refractivity contribution in [3.63, 3.8) is 0 Å². The number of rotatable bonds is 4. The summed E-state index contributed by atoms with van der Waals surface area (Å²) in [7, 11) is 1.65. The SMILES string of the molecule is COCCN1C(=O)C2(CCN(C(=O)NC(C)C)CC2)c2ccccc21. The second-order valence-electron chi connectivity index (χ2n) is 7.14. The number of hydrogen-bond donors (Lipinski definition) is 1. The molecule has 0 aromatic heterocycles. The lowest BCUT2D eigenvalue weighted by Gasteiger charge is -2.38. The standard InChI is InChI=1S/C19H27N3O3/c1-14(2)20-18(24)21-10-8-19(9-11-21)15-6-4-5-7-16(15)22(17(19)23)12-13-25-3/h4-7,14H,8-13H2,1-3H3,(H,20,24). The van der Waals surface area contributed by atoms with E-state index in [4.69, 9.17) is 4.74 Å². The van der Waals surface area contributed by atoms with Gasteiger partial charge in [-0.1, -0.05) is 18.2 Å². The zero-order valence-corrected chi connectivity index (χ0v) is 15.2. The third-order valence-corrected chi connectivity index (χ3v) is 5.20. The molecule has 1 N–H and O–H groups in total. The van der Waals surface area contributed by atoms with Crippen LogP contribution in [0.15, 0.2) is 24.3 Å². The van der Waals surface area contributed by atoms with Crippen LogP contribution in [0.3, 0.4) is 0 Å². The minimum atomic E-state index is -0.501. The van der Waals surface area contributed by atoms with E-state index in [1.165, 1.54) is 0 Å². The van der Waals surface area contributed by atoms with E-state index >= 15 is 0 Å². The number of piperidine rings is 1. The summed E-state index contributed by atoms with van der Waals surface area (Å²) in [4.78, 5) is 29.2. The van der Waals surface area contributed by atoms with Crippen LogP contribution in [0.25, 0.3) is 0 Å². The number of amides is 3. The second-order valence-corrected chi connectivity index (χ2v) is 7.14. The van der Waals surface area contributed by atoms with Crippen LogP contribution in [0.2, 0.25) is 0 Å². The van der Waals surface area contributed by atoms with E-state index in [1.54, 1.807) is 7.11 Å². The lowest BCUT2D eigenvalue weighted by atomic mass is 9.73. The van der Waals surface area contributed by atoms with Gasteiger partial charge in [-0.2, -0.15) is 0 Å². The summed E-state index contributed by atoms with van der Waals surface area (Å²) in [5.41, 5.74) is 1.59. The minimum Gasteiger partial charge on any atom is -0.383 e. The highest BCUT2D eigenvalue weighted by atomic mass is 16.5. The first-order valence-electron chi connectivity index (χ1n) is 8.95. The van der Waals surface area contributed by atoms with Crippen LogP contribution in [0, 0.1) is 0 Å². The molecule has 3 rings (SSSR count). The largest absolute Gasteiger partial charge is 0.383 e. The molecule has 6 nitrogen and oxygen atoms in total. The lowest BCUT2D eigenvalue weighted by molar-refractivity contribution is -0.124. The van der Waals surface area contributed by atoms with E-state index in [0.29, 0.717) is 39.1 Å². The highest BCUT2D eigenvalue weighted by Gasteiger charge is 2.52. The van der Waals surface area contributed by atoms with Gasteiger partial charge in [0.2, 0.25) is 5.91 Å². The van der Waals surface area contributed by atoms with Crippen molar-refractivity contribution in [1.29, 1.82) is 0 Å². The highest BCUT2D eigenvalue weighted by Crippen LogP contribution is 2.47. The summed E-state index contributed by atoms with van der Waals surface area (Å²) in [5, 5.41) is 2.93. The van der Waals surface area contributed by atoms with Gasteiger partial charge in [-0.15, -0.1) is 0 Å². The van der Waals surface area contributed by atoms with E-state index in [9.17, 15) is 9.59 Å². The first-order valence-corrected chi connectivity index (χ1v) is 8.95. The maximum absolute atomic E-state index is 13.3. The molecule has 2 aliphatic rings. The molecular formula is C19H27N3O3. The summed E-state index contributed by atoms with van der Waals surface area (Å²) in [6.07, 6.45) is 1.33. The molecular weight excluding hydrogens is 318 g/mol. The van der Waals surface area contributed by atoms with Crippen molar-refractivity contribution in [3.8, 4) is 0 Å². The molecule has 0 aliphatic carbocycles. The van der Waals surface area contributed by atoms with Crippen LogP contribution in [-0.4, -0.2) is 56.2 Å². The van der Waals surface area contributed by atoms with Crippen molar-refractivity contribution >= 4 is 17.6 Å². The summed E-state index contributed by atoms with van der Waals surface area (Å²) < 4.78 is 5.17. The minimum absolute atomic E-state index is 0.0418. The van der Waals surface area contributed by atoms with E-state index < -0.39 is 5.41 Å². The Balaban J connectivity index is 1.81. The Kier molecular flexibility index (Phi) is 4.99. The van der Waals surface area contributed by atoms with Gasteiger partial charge in [0, 0.05) is 38.5 Å². The maximum atomic E-state index is 13.3. The number of ether oxygens (including phenoxy) is 1. The molecule has 25 heavy (non-hydrogen) atoms. The molecule has 2 heterocycles. The molecule has 1 saturated heterocycles. The van der Waals surface area contributed by atoms with Gasteiger partial charge < -0.3 is 19.9 Å². The average Bonchev–Trinajstić information content (AvgIpc) is 2.82.